The minimum Gasteiger partial charge on any atom is -0.496 e. The van der Waals surface area contributed by atoms with Gasteiger partial charge < -0.3 is 20.1 Å². The van der Waals surface area contributed by atoms with Crippen molar-refractivity contribution in [3.63, 3.8) is 0 Å². The quantitative estimate of drug-likeness (QED) is 0.324. The van der Waals surface area contributed by atoms with E-state index in [0.717, 1.165) is 11.1 Å². The normalized spacial score (nSPS) is 15.6. The first-order valence-electron chi connectivity index (χ1n) is 12.6. The van der Waals surface area contributed by atoms with Gasteiger partial charge in [0, 0.05) is 29.1 Å². The van der Waals surface area contributed by atoms with Crippen molar-refractivity contribution in [1.82, 2.24) is 15.6 Å². The smallest absolute Gasteiger partial charge is 0.251 e. The fourth-order valence-electron chi connectivity index (χ4n) is 4.88. The number of hydrogen-bond donors (Lipinski definition) is 2. The summed E-state index contributed by atoms with van der Waals surface area (Å²) in [6.07, 6.45) is 3.65. The maximum Gasteiger partial charge on any atom is 0.251 e. The molecule has 0 saturated carbocycles. The van der Waals surface area contributed by atoms with Crippen molar-refractivity contribution in [2.45, 2.75) is 18.5 Å². The zero-order chi connectivity index (χ0) is 28.2. The number of nitrogens with one attached hydrogen (secondary N) is 2. The first kappa shape index (κ1) is 26.6. The average molecular weight is 540 g/mol. The SMILES string of the molecule is COc1ccc(OC)c(C(=O)c2ccc(C(=O)N[C@@H]3c4ccccc4C[C@H]3NC(=O)c3ccncc3)cc2)c1F. The summed E-state index contributed by atoms with van der Waals surface area (Å²) in [5, 5.41) is 6.07. The number of amides is 2. The zero-order valence-electron chi connectivity index (χ0n) is 21.8. The van der Waals surface area contributed by atoms with Crippen LogP contribution < -0.4 is 20.1 Å². The summed E-state index contributed by atoms with van der Waals surface area (Å²) in [6, 6.07) is 18.9. The van der Waals surface area contributed by atoms with Crippen LogP contribution in [0.4, 0.5) is 4.39 Å². The van der Waals surface area contributed by atoms with Crippen molar-refractivity contribution in [2.24, 2.45) is 0 Å². The molecule has 0 unspecified atom stereocenters. The van der Waals surface area contributed by atoms with Crippen LogP contribution in [-0.4, -0.2) is 42.8 Å². The molecule has 8 nitrogen and oxygen atoms in total. The number of hydrogen-bond acceptors (Lipinski definition) is 6. The summed E-state index contributed by atoms with van der Waals surface area (Å²) < 4.78 is 25.1. The average Bonchev–Trinajstić information content (AvgIpc) is 3.33. The first-order chi connectivity index (χ1) is 19.4. The topological polar surface area (TPSA) is 107 Å². The van der Waals surface area contributed by atoms with E-state index in [9.17, 15) is 18.8 Å². The van der Waals surface area contributed by atoms with Crippen LogP contribution in [0.5, 0.6) is 11.5 Å². The molecule has 2 N–H and O–H groups in total. The second-order valence-corrected chi connectivity index (χ2v) is 9.24. The number of ketones is 1. The maximum atomic E-state index is 14.9. The lowest BCUT2D eigenvalue weighted by Crippen LogP contribution is -2.44. The van der Waals surface area contributed by atoms with E-state index in [1.807, 2.05) is 24.3 Å². The van der Waals surface area contributed by atoms with Gasteiger partial charge in [-0.1, -0.05) is 36.4 Å². The Balaban J connectivity index is 1.35. The Morgan fingerprint density at radius 3 is 2.08 bits per heavy atom. The molecule has 2 amide bonds. The standard InChI is InChI=1S/C31H26FN3O5/c1-39-24-11-12-25(40-2)27(32)26(24)29(36)18-7-9-19(10-8-18)31(38)35-28-22-6-4-3-5-21(22)17-23(28)34-30(37)20-13-15-33-16-14-20/h3-16,23,28H,17H2,1-2H3,(H,34,37)(H,35,38)/t23-,28-/m1/s1. The van der Waals surface area contributed by atoms with E-state index in [-0.39, 0.29) is 40.5 Å². The Kier molecular flexibility index (Phi) is 7.54. The Labute approximate surface area is 230 Å². The largest absolute Gasteiger partial charge is 0.496 e. The van der Waals surface area contributed by atoms with E-state index in [0.29, 0.717) is 17.5 Å². The third-order valence-corrected chi connectivity index (χ3v) is 6.92. The zero-order valence-corrected chi connectivity index (χ0v) is 21.8. The summed E-state index contributed by atoms with van der Waals surface area (Å²) in [7, 11) is 2.66. The van der Waals surface area contributed by atoms with Crippen LogP contribution in [0.15, 0.2) is 85.2 Å². The third kappa shape index (κ3) is 5.13. The number of halogens is 1. The molecule has 2 atom stereocenters. The summed E-state index contributed by atoms with van der Waals surface area (Å²) in [5.74, 6) is -2.08. The summed E-state index contributed by atoms with van der Waals surface area (Å²) in [6.45, 7) is 0. The monoisotopic (exact) mass is 539 g/mol. The predicted octanol–water partition coefficient (Wildman–Crippen LogP) is 4.29. The minimum atomic E-state index is -0.826. The fraction of sp³-hybridized carbons (Fsp3) is 0.161. The van der Waals surface area contributed by atoms with Gasteiger partial charge in [0.1, 0.15) is 11.3 Å². The van der Waals surface area contributed by atoms with Crippen LogP contribution in [0.1, 0.15) is 53.8 Å². The number of fused-ring (bicyclic) bond motifs is 1. The molecule has 5 rings (SSSR count). The molecule has 1 aromatic heterocycles. The lowest BCUT2D eigenvalue weighted by molar-refractivity contribution is 0.0887. The Hall–Kier alpha value is -5.05. The molecule has 40 heavy (non-hydrogen) atoms. The van der Waals surface area contributed by atoms with Crippen LogP contribution in [0.25, 0.3) is 0 Å². The Morgan fingerprint density at radius 2 is 1.38 bits per heavy atom. The summed E-state index contributed by atoms with van der Waals surface area (Å²) >= 11 is 0. The van der Waals surface area contributed by atoms with Crippen molar-refractivity contribution in [1.29, 1.82) is 0 Å². The highest BCUT2D eigenvalue weighted by Crippen LogP contribution is 2.33. The van der Waals surface area contributed by atoms with Crippen LogP contribution >= 0.6 is 0 Å². The van der Waals surface area contributed by atoms with Gasteiger partial charge in [-0.2, -0.15) is 0 Å². The number of rotatable bonds is 8. The van der Waals surface area contributed by atoms with Gasteiger partial charge in [-0.05, 0) is 53.9 Å². The van der Waals surface area contributed by atoms with Gasteiger partial charge in [0.15, 0.2) is 17.3 Å². The van der Waals surface area contributed by atoms with E-state index in [1.165, 1.54) is 50.6 Å². The number of ether oxygens (including phenoxy) is 2. The summed E-state index contributed by atoms with van der Waals surface area (Å²) in [4.78, 5) is 43.2. The van der Waals surface area contributed by atoms with Crippen molar-refractivity contribution >= 4 is 17.6 Å². The van der Waals surface area contributed by atoms with Crippen LogP contribution in [0.2, 0.25) is 0 Å². The van der Waals surface area contributed by atoms with Crippen LogP contribution in [0, 0.1) is 5.82 Å². The van der Waals surface area contributed by atoms with Gasteiger partial charge in [-0.25, -0.2) is 4.39 Å². The van der Waals surface area contributed by atoms with Crippen molar-refractivity contribution in [3.05, 3.63) is 124 Å². The molecular weight excluding hydrogens is 513 g/mol. The number of nitrogens with zero attached hydrogens (tertiary/aromatic N) is 1. The number of carbonyl (C=O) groups excluding carboxylic acids is 3. The van der Waals surface area contributed by atoms with Gasteiger partial charge in [0.05, 0.1) is 26.3 Å². The third-order valence-electron chi connectivity index (χ3n) is 6.92. The number of pyridine rings is 1. The van der Waals surface area contributed by atoms with E-state index < -0.39 is 17.6 Å². The lowest BCUT2D eigenvalue weighted by Gasteiger charge is -2.23. The maximum absolute atomic E-state index is 14.9. The lowest BCUT2D eigenvalue weighted by atomic mass is 9.99. The fourth-order valence-corrected chi connectivity index (χ4v) is 4.88. The highest BCUT2D eigenvalue weighted by molar-refractivity contribution is 6.11. The van der Waals surface area contributed by atoms with Gasteiger partial charge in [0.25, 0.3) is 11.8 Å². The van der Waals surface area contributed by atoms with E-state index in [2.05, 4.69) is 15.6 Å². The van der Waals surface area contributed by atoms with Gasteiger partial charge >= 0.3 is 0 Å². The molecule has 3 aromatic carbocycles. The number of aromatic nitrogens is 1. The van der Waals surface area contributed by atoms with Crippen molar-refractivity contribution in [2.75, 3.05) is 14.2 Å². The molecule has 0 spiro atoms. The van der Waals surface area contributed by atoms with Gasteiger partial charge in [-0.15, -0.1) is 0 Å². The van der Waals surface area contributed by atoms with Gasteiger partial charge in [-0.3, -0.25) is 19.4 Å². The molecule has 0 saturated heterocycles. The molecule has 9 heteroatoms. The molecule has 0 bridgehead atoms. The molecular formula is C31H26FN3O5. The second kappa shape index (κ2) is 11.4. The Bertz CT molecular complexity index is 1570. The summed E-state index contributed by atoms with van der Waals surface area (Å²) in [5.41, 5.74) is 2.65. The highest BCUT2D eigenvalue weighted by atomic mass is 19.1. The molecule has 0 radical (unpaired) electrons. The number of benzene rings is 3. The molecule has 1 aliphatic rings. The molecule has 4 aromatic rings. The second-order valence-electron chi connectivity index (χ2n) is 9.24. The van der Waals surface area contributed by atoms with E-state index in [4.69, 9.17) is 9.47 Å². The molecule has 1 heterocycles. The molecule has 202 valence electrons. The van der Waals surface area contributed by atoms with Crippen LogP contribution in [0.3, 0.4) is 0 Å². The van der Waals surface area contributed by atoms with Gasteiger partial charge in [0.2, 0.25) is 0 Å². The van der Waals surface area contributed by atoms with E-state index >= 15 is 0 Å². The highest BCUT2D eigenvalue weighted by Gasteiger charge is 2.35. The van der Waals surface area contributed by atoms with Crippen LogP contribution in [-0.2, 0) is 6.42 Å². The molecule has 0 fully saturated rings. The Morgan fingerprint density at radius 1 is 0.775 bits per heavy atom. The molecule has 0 aliphatic heterocycles. The number of carbonyl (C=O) groups is 3. The van der Waals surface area contributed by atoms with Crippen molar-refractivity contribution in [3.8, 4) is 11.5 Å². The van der Waals surface area contributed by atoms with Crippen molar-refractivity contribution < 1.29 is 28.2 Å². The number of methoxy groups -OCH3 is 2. The first-order valence-corrected chi connectivity index (χ1v) is 12.6. The van der Waals surface area contributed by atoms with E-state index in [1.54, 1.807) is 24.5 Å². The minimum absolute atomic E-state index is 0.0740. The molecule has 1 aliphatic carbocycles. The predicted molar refractivity (Wildman–Crippen MR) is 145 cm³/mol.